The van der Waals surface area contributed by atoms with E-state index in [1.165, 1.54) is 0 Å². The number of thiazole rings is 1. The molecule has 0 aliphatic heterocycles. The van der Waals surface area contributed by atoms with Gasteiger partial charge in [-0.25, -0.2) is 9.97 Å². The van der Waals surface area contributed by atoms with E-state index in [1.54, 1.807) is 17.7 Å². The lowest BCUT2D eigenvalue weighted by Crippen LogP contribution is -2.34. The molecular formula is C15H20N6S. The topological polar surface area (TPSA) is 59.2 Å². The van der Waals surface area contributed by atoms with Gasteiger partial charge in [-0.2, -0.15) is 14.6 Å². The molecule has 0 aromatic carbocycles. The Kier molecular flexibility index (Phi) is 4.33. The summed E-state index contributed by atoms with van der Waals surface area (Å²) in [6.45, 7) is 7.38. The molecule has 0 fully saturated rings. The third-order valence-corrected chi connectivity index (χ3v) is 4.46. The smallest absolute Gasteiger partial charge is 0.254 e. The van der Waals surface area contributed by atoms with Crippen molar-refractivity contribution in [2.75, 3.05) is 11.4 Å². The molecule has 0 aliphatic carbocycles. The highest BCUT2D eigenvalue weighted by molar-refractivity contribution is 7.09. The van der Waals surface area contributed by atoms with Crippen LogP contribution in [0.4, 0.5) is 5.82 Å². The summed E-state index contributed by atoms with van der Waals surface area (Å²) in [6.07, 6.45) is 5.23. The van der Waals surface area contributed by atoms with Gasteiger partial charge < -0.3 is 4.90 Å². The fourth-order valence-electron chi connectivity index (χ4n) is 2.46. The lowest BCUT2D eigenvalue weighted by Gasteiger charge is -2.29. The summed E-state index contributed by atoms with van der Waals surface area (Å²) in [5.74, 6) is 1.71. The number of nitrogens with zero attached hydrogens (tertiary/aromatic N) is 6. The molecular weight excluding hydrogens is 296 g/mol. The zero-order valence-corrected chi connectivity index (χ0v) is 13.9. The van der Waals surface area contributed by atoms with E-state index in [4.69, 9.17) is 0 Å². The Balaban J connectivity index is 1.95. The van der Waals surface area contributed by atoms with Gasteiger partial charge >= 0.3 is 0 Å². The van der Waals surface area contributed by atoms with E-state index in [9.17, 15) is 0 Å². The number of hydrogen-bond donors (Lipinski definition) is 0. The molecule has 3 aromatic heterocycles. The maximum Gasteiger partial charge on any atom is 0.254 e. The number of anilines is 1. The van der Waals surface area contributed by atoms with Gasteiger partial charge in [0.05, 0.1) is 5.01 Å². The van der Waals surface area contributed by atoms with Crippen LogP contribution in [-0.4, -0.2) is 37.2 Å². The maximum atomic E-state index is 4.52. The van der Waals surface area contributed by atoms with Gasteiger partial charge in [-0.05, 0) is 20.3 Å². The molecule has 0 unspecified atom stereocenters. The lowest BCUT2D eigenvalue weighted by atomic mass is 10.2. The van der Waals surface area contributed by atoms with Crippen LogP contribution in [0.5, 0.6) is 0 Å². The summed E-state index contributed by atoms with van der Waals surface area (Å²) >= 11 is 1.70. The molecule has 0 aliphatic rings. The second-order valence-electron chi connectivity index (χ2n) is 5.39. The van der Waals surface area contributed by atoms with E-state index in [-0.39, 0.29) is 0 Å². The zero-order valence-electron chi connectivity index (χ0n) is 13.1. The van der Waals surface area contributed by atoms with Gasteiger partial charge in [0.1, 0.15) is 12.1 Å². The van der Waals surface area contributed by atoms with Gasteiger partial charge in [-0.1, -0.05) is 6.92 Å². The Morgan fingerprint density at radius 2 is 2.18 bits per heavy atom. The van der Waals surface area contributed by atoms with Crippen LogP contribution in [-0.2, 0) is 12.8 Å². The van der Waals surface area contributed by atoms with Crippen molar-refractivity contribution in [2.24, 2.45) is 0 Å². The summed E-state index contributed by atoms with van der Waals surface area (Å²) in [4.78, 5) is 15.5. The van der Waals surface area contributed by atoms with E-state index in [0.29, 0.717) is 11.8 Å². The molecule has 0 bridgehead atoms. The van der Waals surface area contributed by atoms with Gasteiger partial charge in [0.25, 0.3) is 5.78 Å². The van der Waals surface area contributed by atoms with E-state index < -0.39 is 0 Å². The van der Waals surface area contributed by atoms with Crippen LogP contribution in [0.3, 0.4) is 0 Å². The average molecular weight is 316 g/mol. The third-order valence-electron chi connectivity index (χ3n) is 3.62. The molecule has 0 amide bonds. The molecule has 7 heteroatoms. The van der Waals surface area contributed by atoms with Gasteiger partial charge in [0.2, 0.25) is 0 Å². The summed E-state index contributed by atoms with van der Waals surface area (Å²) in [5, 5.41) is 7.51. The third kappa shape index (κ3) is 2.94. The first kappa shape index (κ1) is 14.9. The highest BCUT2D eigenvalue weighted by atomic mass is 32.1. The van der Waals surface area contributed by atoms with Gasteiger partial charge in [0.15, 0.2) is 0 Å². The van der Waals surface area contributed by atoms with Crippen LogP contribution in [0.15, 0.2) is 24.0 Å². The minimum atomic E-state index is 0.361. The molecule has 0 N–H and O–H groups in total. The molecule has 3 aromatic rings. The SMILES string of the molecule is CCc1cc(N(CCc2nccs2)C(C)C)n2ncnc2n1. The van der Waals surface area contributed by atoms with Crippen LogP contribution >= 0.6 is 11.3 Å². The normalized spacial score (nSPS) is 11.5. The quantitative estimate of drug-likeness (QED) is 0.699. The number of aryl methyl sites for hydroxylation is 1. The number of aromatic nitrogens is 5. The van der Waals surface area contributed by atoms with Crippen molar-refractivity contribution in [3.8, 4) is 0 Å². The van der Waals surface area contributed by atoms with Gasteiger partial charge in [0, 0.05) is 42.3 Å². The highest BCUT2D eigenvalue weighted by Crippen LogP contribution is 2.20. The minimum absolute atomic E-state index is 0.361. The van der Waals surface area contributed by atoms with Crippen molar-refractivity contribution in [1.29, 1.82) is 0 Å². The van der Waals surface area contributed by atoms with E-state index >= 15 is 0 Å². The lowest BCUT2D eigenvalue weighted by molar-refractivity contribution is 0.653. The van der Waals surface area contributed by atoms with E-state index in [2.05, 4.69) is 51.8 Å². The van der Waals surface area contributed by atoms with Crippen LogP contribution < -0.4 is 4.90 Å². The molecule has 0 atom stereocenters. The fraction of sp³-hybridized carbons (Fsp3) is 0.467. The van der Waals surface area contributed by atoms with Crippen LogP contribution in [0.1, 0.15) is 31.5 Å². The first-order valence-corrected chi connectivity index (χ1v) is 8.41. The molecule has 3 heterocycles. The first-order chi connectivity index (χ1) is 10.7. The average Bonchev–Trinajstić information content (AvgIpc) is 3.17. The predicted molar refractivity (Wildman–Crippen MR) is 88.5 cm³/mol. The molecule has 0 radical (unpaired) electrons. The Hall–Kier alpha value is -2.02. The second kappa shape index (κ2) is 6.39. The van der Waals surface area contributed by atoms with Crippen molar-refractivity contribution in [2.45, 2.75) is 39.7 Å². The predicted octanol–water partition coefficient (Wildman–Crippen LogP) is 2.60. The summed E-state index contributed by atoms with van der Waals surface area (Å²) in [6, 6.07) is 2.48. The van der Waals surface area contributed by atoms with Crippen molar-refractivity contribution in [3.05, 3.63) is 34.7 Å². The maximum absolute atomic E-state index is 4.52. The number of hydrogen-bond acceptors (Lipinski definition) is 6. The van der Waals surface area contributed by atoms with Crippen LogP contribution in [0, 0.1) is 0 Å². The highest BCUT2D eigenvalue weighted by Gasteiger charge is 2.17. The molecule has 6 nitrogen and oxygen atoms in total. The Morgan fingerprint density at radius 1 is 1.32 bits per heavy atom. The van der Waals surface area contributed by atoms with Crippen LogP contribution in [0.25, 0.3) is 5.78 Å². The summed E-state index contributed by atoms with van der Waals surface area (Å²) in [5.41, 5.74) is 1.04. The first-order valence-electron chi connectivity index (χ1n) is 7.53. The van der Waals surface area contributed by atoms with E-state index in [0.717, 1.165) is 35.9 Å². The van der Waals surface area contributed by atoms with Crippen molar-refractivity contribution in [3.63, 3.8) is 0 Å². The molecule has 0 saturated heterocycles. The Bertz CT molecular complexity index is 734. The van der Waals surface area contributed by atoms with Crippen molar-refractivity contribution in [1.82, 2.24) is 24.6 Å². The van der Waals surface area contributed by atoms with E-state index in [1.807, 2.05) is 16.1 Å². The summed E-state index contributed by atoms with van der Waals surface area (Å²) < 4.78 is 1.82. The molecule has 0 saturated carbocycles. The van der Waals surface area contributed by atoms with Gasteiger partial charge in [-0.15, -0.1) is 11.3 Å². The van der Waals surface area contributed by atoms with Crippen molar-refractivity contribution >= 4 is 22.9 Å². The summed E-state index contributed by atoms with van der Waals surface area (Å²) in [7, 11) is 0. The standard InChI is InChI=1S/C15H20N6S/c1-4-12-9-14(21-15(19-12)17-10-18-21)20(11(2)3)7-5-13-16-6-8-22-13/h6,8-11H,4-5,7H2,1-3H3. The van der Waals surface area contributed by atoms with Crippen molar-refractivity contribution < 1.29 is 0 Å². The molecule has 3 rings (SSSR count). The largest absolute Gasteiger partial charge is 0.354 e. The van der Waals surface area contributed by atoms with Crippen LogP contribution in [0.2, 0.25) is 0 Å². The monoisotopic (exact) mass is 316 g/mol. The number of fused-ring (bicyclic) bond motifs is 1. The molecule has 116 valence electrons. The second-order valence-corrected chi connectivity index (χ2v) is 6.37. The Labute approximate surface area is 133 Å². The Morgan fingerprint density at radius 3 is 2.86 bits per heavy atom. The fourth-order valence-corrected chi connectivity index (χ4v) is 3.07. The minimum Gasteiger partial charge on any atom is -0.354 e. The van der Waals surface area contributed by atoms with Gasteiger partial charge in [-0.3, -0.25) is 0 Å². The number of rotatable bonds is 6. The molecule has 22 heavy (non-hydrogen) atoms. The zero-order chi connectivity index (χ0) is 15.5. The molecule has 0 spiro atoms.